The third kappa shape index (κ3) is 5.63. The van der Waals surface area contributed by atoms with Crippen LogP contribution < -0.4 is 10.6 Å². The average molecular weight is 368 g/mol. The SMILES string of the molecule is CN(C)CCCNc1nccc(C(=O)Nc2ccc(Cl)cc2Cl)n1. The summed E-state index contributed by atoms with van der Waals surface area (Å²) in [5.41, 5.74) is 0.733. The molecule has 1 heterocycles. The van der Waals surface area contributed by atoms with Gasteiger partial charge in [0.15, 0.2) is 0 Å². The van der Waals surface area contributed by atoms with E-state index < -0.39 is 0 Å². The van der Waals surface area contributed by atoms with Gasteiger partial charge in [0.2, 0.25) is 5.95 Å². The second-order valence-electron chi connectivity index (χ2n) is 5.43. The maximum atomic E-state index is 12.3. The summed E-state index contributed by atoms with van der Waals surface area (Å²) < 4.78 is 0. The van der Waals surface area contributed by atoms with Crippen LogP contribution in [0.15, 0.2) is 30.5 Å². The first-order valence-corrected chi connectivity index (χ1v) is 8.19. The first-order chi connectivity index (χ1) is 11.5. The van der Waals surface area contributed by atoms with Crippen LogP contribution in [0.4, 0.5) is 11.6 Å². The maximum absolute atomic E-state index is 12.3. The lowest BCUT2D eigenvalue weighted by molar-refractivity contribution is 0.102. The molecule has 24 heavy (non-hydrogen) atoms. The van der Waals surface area contributed by atoms with Gasteiger partial charge >= 0.3 is 0 Å². The molecule has 6 nitrogen and oxygen atoms in total. The van der Waals surface area contributed by atoms with Gasteiger partial charge < -0.3 is 15.5 Å². The van der Waals surface area contributed by atoms with Gasteiger partial charge in [0.25, 0.3) is 5.91 Å². The van der Waals surface area contributed by atoms with E-state index in [1.54, 1.807) is 30.5 Å². The van der Waals surface area contributed by atoms with E-state index in [1.807, 2.05) is 14.1 Å². The van der Waals surface area contributed by atoms with Crippen LogP contribution >= 0.6 is 23.2 Å². The highest BCUT2D eigenvalue weighted by molar-refractivity contribution is 6.36. The molecule has 1 aromatic heterocycles. The van der Waals surface area contributed by atoms with Crippen LogP contribution in [0.5, 0.6) is 0 Å². The summed E-state index contributed by atoms with van der Waals surface area (Å²) >= 11 is 11.9. The molecular formula is C16H19Cl2N5O. The number of nitrogens with one attached hydrogen (secondary N) is 2. The van der Waals surface area contributed by atoms with E-state index in [0.717, 1.165) is 19.5 Å². The minimum atomic E-state index is -0.363. The fourth-order valence-corrected chi connectivity index (χ4v) is 2.40. The zero-order valence-corrected chi connectivity index (χ0v) is 15.0. The Morgan fingerprint density at radius 2 is 2.04 bits per heavy atom. The number of hydrogen-bond acceptors (Lipinski definition) is 5. The smallest absolute Gasteiger partial charge is 0.274 e. The molecule has 0 bridgehead atoms. The summed E-state index contributed by atoms with van der Waals surface area (Å²) in [4.78, 5) is 22.7. The molecule has 0 spiro atoms. The van der Waals surface area contributed by atoms with Crippen LogP contribution in [0.1, 0.15) is 16.9 Å². The number of halogens is 2. The normalized spacial score (nSPS) is 10.7. The molecule has 0 saturated carbocycles. The second kappa shape index (κ2) is 8.82. The molecule has 0 atom stereocenters. The largest absolute Gasteiger partial charge is 0.354 e. The predicted molar refractivity (Wildman–Crippen MR) is 98.1 cm³/mol. The van der Waals surface area contributed by atoms with E-state index in [4.69, 9.17) is 23.2 Å². The molecule has 0 radical (unpaired) electrons. The number of carbonyl (C=O) groups excluding carboxylic acids is 1. The Labute approximate surface area is 151 Å². The molecule has 0 aliphatic carbocycles. The van der Waals surface area contributed by atoms with E-state index in [9.17, 15) is 4.79 Å². The highest BCUT2D eigenvalue weighted by Gasteiger charge is 2.11. The molecule has 8 heteroatoms. The van der Waals surface area contributed by atoms with Crippen molar-refractivity contribution in [2.75, 3.05) is 37.8 Å². The van der Waals surface area contributed by atoms with Gasteiger partial charge in [-0.1, -0.05) is 23.2 Å². The van der Waals surface area contributed by atoms with Crippen LogP contribution in [-0.4, -0.2) is 48.0 Å². The molecular weight excluding hydrogens is 349 g/mol. The van der Waals surface area contributed by atoms with Crippen molar-refractivity contribution in [2.45, 2.75) is 6.42 Å². The minimum absolute atomic E-state index is 0.256. The van der Waals surface area contributed by atoms with Gasteiger partial charge in [0, 0.05) is 17.8 Å². The highest BCUT2D eigenvalue weighted by Crippen LogP contribution is 2.25. The second-order valence-corrected chi connectivity index (χ2v) is 6.27. The standard InChI is InChI=1S/C16H19Cl2N5O/c1-23(2)9-3-7-19-16-20-8-6-14(22-16)15(24)21-13-5-4-11(17)10-12(13)18/h4-6,8,10H,3,7,9H2,1-2H3,(H,21,24)(H,19,20,22). The van der Waals surface area contributed by atoms with Crippen molar-refractivity contribution < 1.29 is 4.79 Å². The van der Waals surface area contributed by atoms with Crippen LogP contribution in [0.25, 0.3) is 0 Å². The number of aromatic nitrogens is 2. The topological polar surface area (TPSA) is 70.2 Å². The van der Waals surface area contributed by atoms with Crippen LogP contribution in [0, 0.1) is 0 Å². The molecule has 0 aliphatic rings. The average Bonchev–Trinajstić information content (AvgIpc) is 2.54. The van der Waals surface area contributed by atoms with Crippen molar-refractivity contribution in [1.82, 2.24) is 14.9 Å². The van der Waals surface area contributed by atoms with E-state index >= 15 is 0 Å². The van der Waals surface area contributed by atoms with E-state index in [2.05, 4.69) is 25.5 Å². The molecule has 0 unspecified atom stereocenters. The van der Waals surface area contributed by atoms with Crippen molar-refractivity contribution in [3.05, 3.63) is 46.2 Å². The molecule has 0 saturated heterocycles. The maximum Gasteiger partial charge on any atom is 0.274 e. The highest BCUT2D eigenvalue weighted by atomic mass is 35.5. The number of amides is 1. The number of benzene rings is 1. The predicted octanol–water partition coefficient (Wildman–Crippen LogP) is 3.40. The fourth-order valence-electron chi connectivity index (χ4n) is 1.94. The Kier molecular flexibility index (Phi) is 6.78. The van der Waals surface area contributed by atoms with Crippen molar-refractivity contribution >= 4 is 40.7 Å². The Morgan fingerprint density at radius 3 is 2.75 bits per heavy atom. The van der Waals surface area contributed by atoms with Gasteiger partial charge in [-0.05, 0) is 51.3 Å². The number of carbonyl (C=O) groups is 1. The third-order valence-electron chi connectivity index (χ3n) is 3.13. The number of hydrogen-bond donors (Lipinski definition) is 2. The summed E-state index contributed by atoms with van der Waals surface area (Å²) in [6.07, 6.45) is 2.49. The van der Waals surface area contributed by atoms with Gasteiger partial charge in [-0.25, -0.2) is 9.97 Å². The zero-order chi connectivity index (χ0) is 17.5. The summed E-state index contributed by atoms with van der Waals surface area (Å²) in [6, 6.07) is 6.41. The van der Waals surface area contributed by atoms with Gasteiger partial charge in [-0.3, -0.25) is 4.79 Å². The quantitative estimate of drug-likeness (QED) is 0.733. The lowest BCUT2D eigenvalue weighted by Crippen LogP contribution is -2.18. The summed E-state index contributed by atoms with van der Waals surface area (Å²) in [5.74, 6) is 0.0570. The Hall–Kier alpha value is -1.89. The van der Waals surface area contributed by atoms with Gasteiger partial charge in [-0.2, -0.15) is 0 Å². The Balaban J connectivity index is 1.98. The molecule has 128 valence electrons. The van der Waals surface area contributed by atoms with Crippen molar-refractivity contribution in [2.24, 2.45) is 0 Å². The van der Waals surface area contributed by atoms with E-state index in [-0.39, 0.29) is 11.6 Å². The zero-order valence-electron chi connectivity index (χ0n) is 13.5. The van der Waals surface area contributed by atoms with Crippen LogP contribution in [-0.2, 0) is 0 Å². The lowest BCUT2D eigenvalue weighted by Gasteiger charge is -2.10. The molecule has 2 rings (SSSR count). The monoisotopic (exact) mass is 367 g/mol. The van der Waals surface area contributed by atoms with Gasteiger partial charge in [-0.15, -0.1) is 0 Å². The molecule has 2 aromatic rings. The summed E-state index contributed by atoms with van der Waals surface area (Å²) in [5, 5.41) is 6.69. The van der Waals surface area contributed by atoms with Crippen LogP contribution in [0.2, 0.25) is 10.0 Å². The Bertz CT molecular complexity index is 709. The lowest BCUT2D eigenvalue weighted by atomic mass is 10.3. The Morgan fingerprint density at radius 1 is 1.25 bits per heavy atom. The van der Waals surface area contributed by atoms with E-state index in [1.165, 1.54) is 0 Å². The summed E-state index contributed by atoms with van der Waals surface area (Å²) in [7, 11) is 4.03. The number of rotatable bonds is 7. The van der Waals surface area contributed by atoms with Crippen LogP contribution in [0.3, 0.4) is 0 Å². The minimum Gasteiger partial charge on any atom is -0.354 e. The molecule has 2 N–H and O–H groups in total. The van der Waals surface area contributed by atoms with Gasteiger partial charge in [0.05, 0.1) is 10.7 Å². The summed E-state index contributed by atoms with van der Waals surface area (Å²) in [6.45, 7) is 1.69. The van der Waals surface area contributed by atoms with Crippen molar-refractivity contribution in [3.63, 3.8) is 0 Å². The fraction of sp³-hybridized carbons (Fsp3) is 0.312. The van der Waals surface area contributed by atoms with E-state index in [0.29, 0.717) is 21.7 Å². The first kappa shape index (κ1) is 18.4. The number of anilines is 2. The molecule has 0 aliphatic heterocycles. The molecule has 1 amide bonds. The first-order valence-electron chi connectivity index (χ1n) is 7.44. The number of nitrogens with zero attached hydrogens (tertiary/aromatic N) is 3. The molecule has 0 fully saturated rings. The molecule has 1 aromatic carbocycles. The third-order valence-corrected chi connectivity index (χ3v) is 3.68. The van der Waals surface area contributed by atoms with Crippen molar-refractivity contribution in [1.29, 1.82) is 0 Å². The van der Waals surface area contributed by atoms with Crippen molar-refractivity contribution in [3.8, 4) is 0 Å². The van der Waals surface area contributed by atoms with Gasteiger partial charge in [0.1, 0.15) is 5.69 Å².